The standard InChI is InChI=1S/C15H21FN2/c16-15-13(5-4-12-2-1-3-14(12)15)6-9-18-10-7-17-8-11-18/h4-5,17H,1-3,6-11H2. The smallest absolute Gasteiger partial charge is 0.129 e. The first kappa shape index (κ1) is 12.1. The number of halogens is 1. The van der Waals surface area contributed by atoms with E-state index < -0.39 is 0 Å². The fraction of sp³-hybridized carbons (Fsp3) is 0.600. The molecule has 1 aromatic rings. The molecule has 0 atom stereocenters. The molecule has 0 aromatic heterocycles. The molecule has 0 amide bonds. The van der Waals surface area contributed by atoms with Gasteiger partial charge in [0.25, 0.3) is 0 Å². The molecule has 2 aliphatic rings. The van der Waals surface area contributed by atoms with Gasteiger partial charge in [0.1, 0.15) is 5.82 Å². The molecular weight excluding hydrogens is 227 g/mol. The average molecular weight is 248 g/mol. The molecule has 2 nitrogen and oxygen atoms in total. The first-order valence-corrected chi connectivity index (χ1v) is 7.07. The Balaban J connectivity index is 1.65. The molecule has 18 heavy (non-hydrogen) atoms. The molecule has 1 N–H and O–H groups in total. The predicted molar refractivity (Wildman–Crippen MR) is 71.4 cm³/mol. The van der Waals surface area contributed by atoms with Crippen molar-refractivity contribution in [3.63, 3.8) is 0 Å². The van der Waals surface area contributed by atoms with Gasteiger partial charge in [0, 0.05) is 32.7 Å². The Morgan fingerprint density at radius 3 is 2.83 bits per heavy atom. The number of rotatable bonds is 3. The summed E-state index contributed by atoms with van der Waals surface area (Å²) in [5.74, 6) is 0.0835. The van der Waals surface area contributed by atoms with E-state index in [-0.39, 0.29) is 5.82 Å². The Kier molecular flexibility index (Phi) is 3.62. The normalized spacial score (nSPS) is 20.1. The molecule has 1 aliphatic heterocycles. The van der Waals surface area contributed by atoms with Crippen molar-refractivity contribution >= 4 is 0 Å². The van der Waals surface area contributed by atoms with Gasteiger partial charge in [-0.1, -0.05) is 12.1 Å². The summed E-state index contributed by atoms with van der Waals surface area (Å²) in [6.45, 7) is 5.29. The Bertz CT molecular complexity index is 425. The lowest BCUT2D eigenvalue weighted by Gasteiger charge is -2.27. The monoisotopic (exact) mass is 248 g/mol. The maximum atomic E-state index is 14.3. The number of aryl methyl sites for hydroxylation is 1. The second kappa shape index (κ2) is 5.37. The van der Waals surface area contributed by atoms with E-state index in [9.17, 15) is 4.39 Å². The molecular formula is C15H21FN2. The van der Waals surface area contributed by atoms with Gasteiger partial charge in [-0.15, -0.1) is 0 Å². The zero-order valence-electron chi connectivity index (χ0n) is 10.8. The quantitative estimate of drug-likeness (QED) is 0.877. The second-order valence-corrected chi connectivity index (χ2v) is 5.37. The summed E-state index contributed by atoms with van der Waals surface area (Å²) in [7, 11) is 0. The SMILES string of the molecule is Fc1c(CCN2CCNCC2)ccc2c1CCC2. The zero-order valence-corrected chi connectivity index (χ0v) is 10.8. The predicted octanol–water partition coefficient (Wildman–Crippen LogP) is 1.76. The first-order valence-electron chi connectivity index (χ1n) is 7.07. The third kappa shape index (κ3) is 2.43. The van der Waals surface area contributed by atoms with Crippen LogP contribution in [0.15, 0.2) is 12.1 Å². The van der Waals surface area contributed by atoms with Gasteiger partial charge < -0.3 is 10.2 Å². The third-order valence-electron chi connectivity index (χ3n) is 4.20. The Morgan fingerprint density at radius 2 is 2.00 bits per heavy atom. The summed E-state index contributed by atoms with van der Waals surface area (Å²) in [5.41, 5.74) is 3.14. The summed E-state index contributed by atoms with van der Waals surface area (Å²) in [6, 6.07) is 4.14. The molecule has 0 spiro atoms. The minimum absolute atomic E-state index is 0.0835. The highest BCUT2D eigenvalue weighted by molar-refractivity contribution is 5.37. The Morgan fingerprint density at radius 1 is 1.17 bits per heavy atom. The fourth-order valence-corrected chi connectivity index (χ4v) is 3.08. The lowest BCUT2D eigenvalue weighted by molar-refractivity contribution is 0.243. The van der Waals surface area contributed by atoms with E-state index in [4.69, 9.17) is 0 Å². The summed E-state index contributed by atoms with van der Waals surface area (Å²) >= 11 is 0. The number of hydrogen-bond donors (Lipinski definition) is 1. The highest BCUT2D eigenvalue weighted by Gasteiger charge is 2.18. The van der Waals surface area contributed by atoms with E-state index in [1.165, 1.54) is 5.56 Å². The van der Waals surface area contributed by atoms with E-state index in [0.29, 0.717) is 0 Å². The molecule has 0 saturated carbocycles. The maximum Gasteiger partial charge on any atom is 0.129 e. The van der Waals surface area contributed by atoms with Crippen LogP contribution < -0.4 is 5.32 Å². The van der Waals surface area contributed by atoms with Crippen LogP contribution in [-0.4, -0.2) is 37.6 Å². The van der Waals surface area contributed by atoms with Crippen molar-refractivity contribution in [2.45, 2.75) is 25.7 Å². The summed E-state index contributed by atoms with van der Waals surface area (Å²) < 4.78 is 14.3. The summed E-state index contributed by atoms with van der Waals surface area (Å²) in [6.07, 6.45) is 3.96. The van der Waals surface area contributed by atoms with Gasteiger partial charge >= 0.3 is 0 Å². The van der Waals surface area contributed by atoms with Gasteiger partial charge in [-0.2, -0.15) is 0 Å². The molecule has 3 heteroatoms. The molecule has 1 aliphatic carbocycles. The number of hydrogen-bond acceptors (Lipinski definition) is 2. The average Bonchev–Trinajstić information content (AvgIpc) is 2.88. The molecule has 1 saturated heterocycles. The Labute approximate surface area is 108 Å². The van der Waals surface area contributed by atoms with Gasteiger partial charge in [0.15, 0.2) is 0 Å². The fourth-order valence-electron chi connectivity index (χ4n) is 3.08. The molecule has 1 aromatic carbocycles. The minimum Gasteiger partial charge on any atom is -0.314 e. The van der Waals surface area contributed by atoms with Crippen LogP contribution in [0.3, 0.4) is 0 Å². The van der Waals surface area contributed by atoms with Crippen molar-refractivity contribution in [1.29, 1.82) is 0 Å². The maximum absolute atomic E-state index is 14.3. The number of fused-ring (bicyclic) bond motifs is 1. The molecule has 3 rings (SSSR count). The van der Waals surface area contributed by atoms with E-state index in [1.54, 1.807) is 0 Å². The number of piperazine rings is 1. The minimum atomic E-state index is 0.0835. The van der Waals surface area contributed by atoms with Crippen LogP contribution in [0, 0.1) is 5.82 Å². The van der Waals surface area contributed by atoms with E-state index >= 15 is 0 Å². The van der Waals surface area contributed by atoms with Gasteiger partial charge in [-0.25, -0.2) is 4.39 Å². The topological polar surface area (TPSA) is 15.3 Å². The summed E-state index contributed by atoms with van der Waals surface area (Å²) in [4.78, 5) is 2.42. The lowest BCUT2D eigenvalue weighted by atomic mass is 10.0. The van der Waals surface area contributed by atoms with Crippen LogP contribution in [0.25, 0.3) is 0 Å². The Hall–Kier alpha value is -0.930. The highest BCUT2D eigenvalue weighted by atomic mass is 19.1. The van der Waals surface area contributed by atoms with Crippen LogP contribution in [-0.2, 0) is 19.3 Å². The highest BCUT2D eigenvalue weighted by Crippen LogP contribution is 2.26. The van der Waals surface area contributed by atoms with Crippen LogP contribution in [0.5, 0.6) is 0 Å². The number of benzene rings is 1. The number of nitrogens with zero attached hydrogens (tertiary/aromatic N) is 1. The van der Waals surface area contributed by atoms with Gasteiger partial charge in [0.05, 0.1) is 0 Å². The van der Waals surface area contributed by atoms with E-state index in [2.05, 4.69) is 16.3 Å². The largest absolute Gasteiger partial charge is 0.314 e. The van der Waals surface area contributed by atoms with Crippen LogP contribution in [0.4, 0.5) is 4.39 Å². The van der Waals surface area contributed by atoms with Gasteiger partial charge in [-0.05, 0) is 42.4 Å². The molecule has 1 fully saturated rings. The van der Waals surface area contributed by atoms with Crippen molar-refractivity contribution in [3.8, 4) is 0 Å². The summed E-state index contributed by atoms with van der Waals surface area (Å²) in [5, 5.41) is 3.34. The van der Waals surface area contributed by atoms with Crippen LogP contribution >= 0.6 is 0 Å². The molecule has 0 unspecified atom stereocenters. The lowest BCUT2D eigenvalue weighted by Crippen LogP contribution is -2.44. The molecule has 0 radical (unpaired) electrons. The van der Waals surface area contributed by atoms with Crippen molar-refractivity contribution in [2.75, 3.05) is 32.7 Å². The van der Waals surface area contributed by atoms with Crippen LogP contribution in [0.1, 0.15) is 23.1 Å². The van der Waals surface area contributed by atoms with Crippen molar-refractivity contribution in [3.05, 3.63) is 34.6 Å². The van der Waals surface area contributed by atoms with Crippen molar-refractivity contribution < 1.29 is 4.39 Å². The van der Waals surface area contributed by atoms with Crippen LogP contribution in [0.2, 0.25) is 0 Å². The van der Waals surface area contributed by atoms with Crippen molar-refractivity contribution in [1.82, 2.24) is 10.2 Å². The first-order chi connectivity index (χ1) is 8.84. The molecule has 0 bridgehead atoms. The third-order valence-corrected chi connectivity index (χ3v) is 4.20. The number of nitrogens with one attached hydrogen (secondary N) is 1. The van der Waals surface area contributed by atoms with E-state index in [0.717, 1.165) is 69.5 Å². The van der Waals surface area contributed by atoms with Gasteiger partial charge in [-0.3, -0.25) is 0 Å². The molecule has 1 heterocycles. The zero-order chi connectivity index (χ0) is 12.4. The van der Waals surface area contributed by atoms with Crippen molar-refractivity contribution in [2.24, 2.45) is 0 Å². The molecule has 98 valence electrons. The second-order valence-electron chi connectivity index (χ2n) is 5.37. The van der Waals surface area contributed by atoms with Gasteiger partial charge in [0.2, 0.25) is 0 Å². The van der Waals surface area contributed by atoms with E-state index in [1.807, 2.05) is 6.07 Å².